The summed E-state index contributed by atoms with van der Waals surface area (Å²) in [5.74, 6) is -0.114. The second-order valence-corrected chi connectivity index (χ2v) is 9.05. The fourth-order valence-electron chi connectivity index (χ4n) is 4.40. The Balaban J connectivity index is 1.44. The maximum Gasteiger partial charge on any atom is 0.261 e. The minimum Gasteiger partial charge on any atom is -0.387 e. The van der Waals surface area contributed by atoms with Gasteiger partial charge < -0.3 is 30.6 Å². The summed E-state index contributed by atoms with van der Waals surface area (Å²) in [4.78, 5) is 25.9. The maximum atomic E-state index is 13.5. The van der Waals surface area contributed by atoms with E-state index in [1.54, 1.807) is 6.07 Å². The van der Waals surface area contributed by atoms with E-state index in [9.17, 15) is 14.3 Å². The number of fused-ring (bicyclic) bond motifs is 1. The molecule has 1 fully saturated rings. The molecule has 35 heavy (non-hydrogen) atoms. The van der Waals surface area contributed by atoms with Gasteiger partial charge in [-0.15, -0.1) is 0 Å². The van der Waals surface area contributed by atoms with Gasteiger partial charge in [0.2, 0.25) is 0 Å². The van der Waals surface area contributed by atoms with E-state index >= 15 is 0 Å². The van der Waals surface area contributed by atoms with E-state index in [4.69, 9.17) is 16.6 Å². The first-order chi connectivity index (χ1) is 16.9. The molecule has 0 bridgehead atoms. The lowest BCUT2D eigenvalue weighted by molar-refractivity contribution is 0.191. The van der Waals surface area contributed by atoms with Crippen molar-refractivity contribution in [3.8, 4) is 11.4 Å². The highest BCUT2D eigenvalue weighted by Gasteiger charge is 2.19. The molecule has 2 aromatic heterocycles. The minimum atomic E-state index is -0.959. The molecule has 0 spiro atoms. The van der Waals surface area contributed by atoms with Gasteiger partial charge in [-0.1, -0.05) is 17.7 Å². The number of H-pyrrole nitrogens is 2. The molecule has 1 aliphatic heterocycles. The van der Waals surface area contributed by atoms with Gasteiger partial charge in [-0.3, -0.25) is 4.79 Å². The number of nitrogens with zero attached hydrogens (tertiary/aromatic N) is 2. The zero-order valence-electron chi connectivity index (χ0n) is 19.2. The maximum absolute atomic E-state index is 13.5. The van der Waals surface area contributed by atoms with Gasteiger partial charge in [-0.05, 0) is 48.4 Å². The third kappa shape index (κ3) is 4.75. The van der Waals surface area contributed by atoms with Crippen LogP contribution in [0.25, 0.3) is 22.4 Å². The normalized spacial score (nSPS) is 14.9. The Morgan fingerprint density at radius 1 is 1.23 bits per heavy atom. The highest BCUT2D eigenvalue weighted by molar-refractivity contribution is 6.30. The van der Waals surface area contributed by atoms with Crippen LogP contribution >= 0.6 is 11.6 Å². The van der Waals surface area contributed by atoms with E-state index in [0.717, 1.165) is 48.5 Å². The number of aromatic nitrogens is 3. The molecule has 5 N–H and O–H groups in total. The van der Waals surface area contributed by atoms with Crippen molar-refractivity contribution in [1.29, 1.82) is 0 Å². The summed E-state index contributed by atoms with van der Waals surface area (Å²) in [5, 5.41) is 17.0. The number of anilines is 2. The van der Waals surface area contributed by atoms with Gasteiger partial charge >= 0.3 is 0 Å². The average molecular weight is 497 g/mol. The van der Waals surface area contributed by atoms with Crippen molar-refractivity contribution < 1.29 is 9.50 Å². The number of halogens is 2. The summed E-state index contributed by atoms with van der Waals surface area (Å²) in [6.45, 7) is 5.84. The van der Waals surface area contributed by atoms with Crippen LogP contribution in [0.2, 0.25) is 5.02 Å². The number of pyridine rings is 1. The number of hydrogen-bond donors (Lipinski definition) is 5. The number of nitrogens with one attached hydrogen (secondary N) is 4. The van der Waals surface area contributed by atoms with Crippen LogP contribution in [-0.4, -0.2) is 52.8 Å². The second-order valence-electron chi connectivity index (χ2n) is 8.65. The number of hydrogen-bond acceptors (Lipinski definition) is 6. The Morgan fingerprint density at radius 2 is 2.03 bits per heavy atom. The SMILES string of the molecule is Cc1cc(N2CCNCC2)cc2[nH]c(-c3c(NCC(O)c4ccc(F)c(Cl)c4)cc[nH]c3=O)nc12. The van der Waals surface area contributed by atoms with E-state index in [1.165, 1.54) is 24.4 Å². The molecule has 0 radical (unpaired) electrons. The van der Waals surface area contributed by atoms with Crippen LogP contribution in [0.1, 0.15) is 17.2 Å². The lowest BCUT2D eigenvalue weighted by Gasteiger charge is -2.29. The number of imidazole rings is 1. The molecular formula is C25H26ClFN6O2. The molecule has 0 saturated carbocycles. The van der Waals surface area contributed by atoms with Gasteiger partial charge in [0, 0.05) is 44.6 Å². The highest BCUT2D eigenvalue weighted by atomic mass is 35.5. The smallest absolute Gasteiger partial charge is 0.261 e. The van der Waals surface area contributed by atoms with Crippen molar-refractivity contribution in [3.63, 3.8) is 0 Å². The topological polar surface area (TPSA) is 109 Å². The van der Waals surface area contributed by atoms with Gasteiger partial charge in [0.1, 0.15) is 17.2 Å². The van der Waals surface area contributed by atoms with E-state index in [1.807, 2.05) is 6.92 Å². The molecule has 3 heterocycles. The minimum absolute atomic E-state index is 0.0591. The second kappa shape index (κ2) is 9.69. The first-order valence-corrected chi connectivity index (χ1v) is 11.8. The summed E-state index contributed by atoms with van der Waals surface area (Å²) in [6, 6.07) is 9.98. The fraction of sp³-hybridized carbons (Fsp3) is 0.280. The van der Waals surface area contributed by atoms with Gasteiger partial charge in [-0.25, -0.2) is 9.37 Å². The molecule has 1 saturated heterocycles. The zero-order chi connectivity index (χ0) is 24.5. The third-order valence-corrected chi connectivity index (χ3v) is 6.55. The molecule has 8 nitrogen and oxygen atoms in total. The lowest BCUT2D eigenvalue weighted by Crippen LogP contribution is -2.43. The Labute approximate surface area is 206 Å². The largest absolute Gasteiger partial charge is 0.387 e. The fourth-order valence-corrected chi connectivity index (χ4v) is 4.59. The quantitative estimate of drug-likeness (QED) is 0.279. The van der Waals surface area contributed by atoms with Crippen molar-refractivity contribution in [2.24, 2.45) is 0 Å². The molecule has 0 aliphatic carbocycles. The van der Waals surface area contributed by atoms with Crippen molar-refractivity contribution in [2.45, 2.75) is 13.0 Å². The first-order valence-electron chi connectivity index (χ1n) is 11.5. The van der Waals surface area contributed by atoms with E-state index in [2.05, 4.69) is 37.6 Å². The van der Waals surface area contributed by atoms with Gasteiger partial charge in [0.05, 0.1) is 27.8 Å². The Bertz CT molecular complexity index is 1430. The van der Waals surface area contributed by atoms with Gasteiger partial charge in [0.15, 0.2) is 0 Å². The average Bonchev–Trinajstić information content (AvgIpc) is 3.29. The number of benzene rings is 2. The van der Waals surface area contributed by atoms with E-state index < -0.39 is 11.9 Å². The predicted molar refractivity (Wildman–Crippen MR) is 137 cm³/mol. The molecular weight excluding hydrogens is 471 g/mol. The third-order valence-electron chi connectivity index (χ3n) is 6.26. The first kappa shape index (κ1) is 23.3. The molecule has 10 heteroatoms. The molecule has 1 aliphatic rings. The number of aliphatic hydroxyl groups excluding tert-OH is 1. The van der Waals surface area contributed by atoms with E-state index in [0.29, 0.717) is 22.6 Å². The van der Waals surface area contributed by atoms with Crippen LogP contribution in [0.15, 0.2) is 47.4 Å². The Kier molecular flexibility index (Phi) is 6.46. The van der Waals surface area contributed by atoms with Crippen molar-refractivity contribution in [3.05, 3.63) is 74.9 Å². The Hall–Kier alpha value is -3.40. The van der Waals surface area contributed by atoms with Crippen LogP contribution in [0, 0.1) is 12.7 Å². The number of aryl methyl sites for hydroxylation is 1. The van der Waals surface area contributed by atoms with Crippen molar-refractivity contribution in [1.82, 2.24) is 20.3 Å². The molecule has 0 amide bonds. The number of aromatic amines is 2. The summed E-state index contributed by atoms with van der Waals surface area (Å²) in [5.41, 5.74) is 4.80. The van der Waals surface area contributed by atoms with Crippen LogP contribution in [-0.2, 0) is 0 Å². The van der Waals surface area contributed by atoms with Crippen LogP contribution < -0.4 is 21.1 Å². The standard InChI is InChI=1S/C25H26ClFN6O2/c1-14-10-16(33-8-6-28-7-9-33)12-20-23(14)32-24(31-20)22-19(4-5-29-25(22)35)30-13-21(34)15-2-3-18(27)17(26)11-15/h2-5,10-12,21,28,34H,6-9,13H2,1H3,(H,31,32)(H2,29,30,35). The molecule has 2 aromatic carbocycles. The predicted octanol–water partition coefficient (Wildman–Crippen LogP) is 3.57. The zero-order valence-corrected chi connectivity index (χ0v) is 19.9. The monoisotopic (exact) mass is 496 g/mol. The van der Waals surface area contributed by atoms with Crippen molar-refractivity contribution >= 4 is 34.0 Å². The number of piperazine rings is 1. The molecule has 4 aromatic rings. The lowest BCUT2D eigenvalue weighted by atomic mass is 10.1. The highest BCUT2D eigenvalue weighted by Crippen LogP contribution is 2.30. The van der Waals surface area contributed by atoms with Crippen molar-refractivity contribution in [2.75, 3.05) is 42.9 Å². The number of rotatable bonds is 6. The van der Waals surface area contributed by atoms with Crippen LogP contribution in [0.5, 0.6) is 0 Å². The van der Waals surface area contributed by atoms with Gasteiger partial charge in [0.25, 0.3) is 5.56 Å². The molecule has 182 valence electrons. The summed E-state index contributed by atoms with van der Waals surface area (Å²) in [6.07, 6.45) is 0.575. The van der Waals surface area contributed by atoms with E-state index in [-0.39, 0.29) is 17.1 Å². The summed E-state index contributed by atoms with van der Waals surface area (Å²) in [7, 11) is 0. The summed E-state index contributed by atoms with van der Waals surface area (Å²) < 4.78 is 13.5. The van der Waals surface area contributed by atoms with Crippen LogP contribution in [0.4, 0.5) is 15.8 Å². The van der Waals surface area contributed by atoms with Gasteiger partial charge in [-0.2, -0.15) is 0 Å². The molecule has 1 atom stereocenters. The molecule has 1 unspecified atom stereocenters. The number of aliphatic hydroxyl groups is 1. The summed E-state index contributed by atoms with van der Waals surface area (Å²) >= 11 is 5.84. The van der Waals surface area contributed by atoms with Crippen LogP contribution in [0.3, 0.4) is 0 Å². The molecule has 5 rings (SSSR count). The Morgan fingerprint density at radius 3 is 2.80 bits per heavy atom.